The van der Waals surface area contributed by atoms with Gasteiger partial charge in [-0.2, -0.15) is 11.3 Å². The Morgan fingerprint density at radius 3 is 2.74 bits per heavy atom. The monoisotopic (exact) mass is 336 g/mol. The minimum absolute atomic E-state index is 0.0222. The van der Waals surface area contributed by atoms with Crippen LogP contribution < -0.4 is 10.6 Å². The van der Waals surface area contributed by atoms with Crippen LogP contribution in [0.25, 0.3) is 11.5 Å². The average molecular weight is 336 g/mol. The molecule has 0 saturated carbocycles. The largest absolute Gasteiger partial charge is 0.421 e. The van der Waals surface area contributed by atoms with Crippen molar-refractivity contribution in [1.82, 2.24) is 20.8 Å². The van der Waals surface area contributed by atoms with Gasteiger partial charge in [-0.05, 0) is 11.4 Å². The molecule has 8 heteroatoms. The summed E-state index contributed by atoms with van der Waals surface area (Å²) in [5.41, 5.74) is 0.888. The van der Waals surface area contributed by atoms with Gasteiger partial charge in [-0.3, -0.25) is 9.59 Å². The number of hydrogen-bond acceptors (Lipinski definition) is 6. The van der Waals surface area contributed by atoms with E-state index in [0.29, 0.717) is 31.3 Å². The fourth-order valence-electron chi connectivity index (χ4n) is 1.76. The first-order valence-corrected chi connectivity index (χ1v) is 8.40. The SMILES string of the molecule is CC(C)C(=O)NCCNC(=O)CCc1nnc(-c2ccsc2)o1. The van der Waals surface area contributed by atoms with Crippen molar-refractivity contribution >= 4 is 23.2 Å². The number of nitrogens with zero attached hydrogens (tertiary/aromatic N) is 2. The van der Waals surface area contributed by atoms with Crippen molar-refractivity contribution in [1.29, 1.82) is 0 Å². The van der Waals surface area contributed by atoms with Crippen molar-refractivity contribution in [3.05, 3.63) is 22.7 Å². The topological polar surface area (TPSA) is 97.1 Å². The normalized spacial score (nSPS) is 10.7. The highest BCUT2D eigenvalue weighted by Gasteiger charge is 2.11. The van der Waals surface area contributed by atoms with E-state index in [-0.39, 0.29) is 24.2 Å². The quantitative estimate of drug-likeness (QED) is 0.714. The molecule has 0 bridgehead atoms. The molecule has 0 fully saturated rings. The van der Waals surface area contributed by atoms with Crippen molar-refractivity contribution in [3.8, 4) is 11.5 Å². The Balaban J connectivity index is 1.66. The van der Waals surface area contributed by atoms with Crippen LogP contribution >= 0.6 is 11.3 Å². The smallest absolute Gasteiger partial charge is 0.248 e. The van der Waals surface area contributed by atoms with Crippen LogP contribution in [0, 0.1) is 5.92 Å². The molecular formula is C15H20N4O3S. The predicted molar refractivity (Wildman–Crippen MR) is 86.8 cm³/mol. The van der Waals surface area contributed by atoms with Crippen LogP contribution in [-0.2, 0) is 16.0 Å². The minimum atomic E-state index is -0.112. The molecule has 2 rings (SSSR count). The second-order valence-corrected chi connectivity index (χ2v) is 6.09. The first kappa shape index (κ1) is 17.1. The molecule has 0 aliphatic heterocycles. The van der Waals surface area contributed by atoms with Gasteiger partial charge >= 0.3 is 0 Å². The average Bonchev–Trinajstić information content (AvgIpc) is 3.19. The van der Waals surface area contributed by atoms with Crippen molar-refractivity contribution in [2.24, 2.45) is 5.92 Å². The first-order valence-electron chi connectivity index (χ1n) is 7.45. The van der Waals surface area contributed by atoms with Crippen molar-refractivity contribution in [3.63, 3.8) is 0 Å². The van der Waals surface area contributed by atoms with Gasteiger partial charge in [-0.15, -0.1) is 10.2 Å². The molecule has 0 spiro atoms. The summed E-state index contributed by atoms with van der Waals surface area (Å²) in [4.78, 5) is 23.1. The molecule has 23 heavy (non-hydrogen) atoms. The highest BCUT2D eigenvalue weighted by molar-refractivity contribution is 7.08. The lowest BCUT2D eigenvalue weighted by Crippen LogP contribution is -2.36. The van der Waals surface area contributed by atoms with E-state index in [1.165, 1.54) is 0 Å². The molecule has 0 aliphatic rings. The standard InChI is InChI=1S/C15H20N4O3S/c1-10(2)14(21)17-7-6-16-12(20)3-4-13-18-19-15(22-13)11-5-8-23-9-11/h5,8-10H,3-4,6-7H2,1-2H3,(H,16,20)(H,17,21). The molecule has 0 saturated heterocycles. The van der Waals surface area contributed by atoms with Crippen LogP contribution in [0.4, 0.5) is 0 Å². The number of aryl methyl sites for hydroxylation is 1. The van der Waals surface area contributed by atoms with Gasteiger partial charge in [-0.25, -0.2) is 0 Å². The number of hydrogen-bond donors (Lipinski definition) is 2. The Hall–Kier alpha value is -2.22. The van der Waals surface area contributed by atoms with E-state index >= 15 is 0 Å². The molecule has 0 atom stereocenters. The fraction of sp³-hybridized carbons (Fsp3) is 0.467. The van der Waals surface area contributed by atoms with Gasteiger partial charge < -0.3 is 15.1 Å². The minimum Gasteiger partial charge on any atom is -0.421 e. The van der Waals surface area contributed by atoms with Gasteiger partial charge in [-0.1, -0.05) is 13.8 Å². The van der Waals surface area contributed by atoms with Crippen molar-refractivity contribution in [2.75, 3.05) is 13.1 Å². The van der Waals surface area contributed by atoms with Crippen LogP contribution in [-0.4, -0.2) is 35.1 Å². The van der Waals surface area contributed by atoms with E-state index in [0.717, 1.165) is 5.56 Å². The summed E-state index contributed by atoms with van der Waals surface area (Å²) in [6.45, 7) is 4.47. The summed E-state index contributed by atoms with van der Waals surface area (Å²) in [5, 5.41) is 17.2. The zero-order valence-electron chi connectivity index (χ0n) is 13.2. The summed E-state index contributed by atoms with van der Waals surface area (Å²) in [7, 11) is 0. The maximum atomic E-state index is 11.7. The van der Waals surface area contributed by atoms with Crippen molar-refractivity contribution in [2.45, 2.75) is 26.7 Å². The number of amides is 2. The van der Waals surface area contributed by atoms with E-state index < -0.39 is 0 Å². The van der Waals surface area contributed by atoms with Gasteiger partial charge in [0.25, 0.3) is 0 Å². The molecule has 7 nitrogen and oxygen atoms in total. The molecule has 0 aromatic carbocycles. The molecule has 2 heterocycles. The Bertz CT molecular complexity index is 637. The summed E-state index contributed by atoms with van der Waals surface area (Å²) in [6.07, 6.45) is 0.657. The maximum Gasteiger partial charge on any atom is 0.248 e. The van der Waals surface area contributed by atoms with Crippen molar-refractivity contribution < 1.29 is 14.0 Å². The van der Waals surface area contributed by atoms with E-state index in [2.05, 4.69) is 20.8 Å². The zero-order chi connectivity index (χ0) is 16.7. The van der Waals surface area contributed by atoms with Crippen LogP contribution in [0.5, 0.6) is 0 Å². The number of carbonyl (C=O) groups is 2. The lowest BCUT2D eigenvalue weighted by atomic mass is 10.2. The van der Waals surface area contributed by atoms with Crippen LogP contribution in [0.2, 0.25) is 0 Å². The third-order valence-corrected chi connectivity index (χ3v) is 3.75. The molecule has 2 aromatic rings. The number of thiophene rings is 1. The molecule has 0 radical (unpaired) electrons. The number of rotatable bonds is 8. The highest BCUT2D eigenvalue weighted by atomic mass is 32.1. The van der Waals surface area contributed by atoms with Gasteiger partial charge in [0.15, 0.2) is 0 Å². The molecule has 2 N–H and O–H groups in total. The van der Waals surface area contributed by atoms with E-state index in [9.17, 15) is 9.59 Å². The number of carbonyl (C=O) groups excluding carboxylic acids is 2. The van der Waals surface area contributed by atoms with Gasteiger partial charge in [0.1, 0.15) is 0 Å². The van der Waals surface area contributed by atoms with Gasteiger partial charge in [0.2, 0.25) is 23.6 Å². The lowest BCUT2D eigenvalue weighted by molar-refractivity contribution is -0.124. The summed E-state index contributed by atoms with van der Waals surface area (Å²) in [5.74, 6) is 0.721. The van der Waals surface area contributed by atoms with Gasteiger partial charge in [0.05, 0.1) is 0 Å². The van der Waals surface area contributed by atoms with Crippen LogP contribution in [0.3, 0.4) is 0 Å². The Morgan fingerprint density at radius 2 is 2.04 bits per heavy atom. The molecule has 0 unspecified atom stereocenters. The van der Waals surface area contributed by atoms with E-state index in [1.807, 2.05) is 30.7 Å². The van der Waals surface area contributed by atoms with E-state index in [4.69, 9.17) is 4.42 Å². The molecule has 0 aliphatic carbocycles. The highest BCUT2D eigenvalue weighted by Crippen LogP contribution is 2.20. The predicted octanol–water partition coefficient (Wildman–Crippen LogP) is 1.62. The van der Waals surface area contributed by atoms with E-state index in [1.54, 1.807) is 11.3 Å². The first-order chi connectivity index (χ1) is 11.1. The third-order valence-electron chi connectivity index (χ3n) is 3.07. The molecule has 2 aromatic heterocycles. The Kier molecular flexibility index (Phi) is 6.28. The number of aromatic nitrogens is 2. The maximum absolute atomic E-state index is 11.7. The zero-order valence-corrected chi connectivity index (χ0v) is 14.0. The molecule has 2 amide bonds. The summed E-state index contributed by atoms with van der Waals surface area (Å²) in [6, 6.07) is 1.90. The lowest BCUT2D eigenvalue weighted by Gasteiger charge is -2.08. The Morgan fingerprint density at radius 1 is 1.26 bits per heavy atom. The fourth-order valence-corrected chi connectivity index (χ4v) is 2.39. The number of nitrogens with one attached hydrogen (secondary N) is 2. The Labute approximate surface area is 138 Å². The summed E-state index contributed by atoms with van der Waals surface area (Å²) >= 11 is 1.55. The third kappa shape index (κ3) is 5.48. The summed E-state index contributed by atoms with van der Waals surface area (Å²) < 4.78 is 5.51. The van der Waals surface area contributed by atoms with Crippen LogP contribution in [0.1, 0.15) is 26.2 Å². The molecular weight excluding hydrogens is 316 g/mol. The molecule has 124 valence electrons. The van der Waals surface area contributed by atoms with Crippen LogP contribution in [0.15, 0.2) is 21.2 Å². The van der Waals surface area contributed by atoms with Gasteiger partial charge in [0, 0.05) is 42.8 Å². The second-order valence-electron chi connectivity index (χ2n) is 5.31. The second kappa shape index (κ2) is 8.42.